The van der Waals surface area contributed by atoms with Crippen molar-refractivity contribution < 1.29 is 22.8 Å². The highest BCUT2D eigenvalue weighted by atomic mass is 19.4. The fourth-order valence-corrected chi connectivity index (χ4v) is 1.66. The van der Waals surface area contributed by atoms with Gasteiger partial charge in [-0.1, -0.05) is 18.2 Å². The monoisotopic (exact) mass is 302 g/mol. The van der Waals surface area contributed by atoms with Gasteiger partial charge in [0.1, 0.15) is 0 Å². The van der Waals surface area contributed by atoms with E-state index in [-0.39, 0.29) is 30.5 Å². The molecule has 0 saturated heterocycles. The van der Waals surface area contributed by atoms with E-state index in [2.05, 4.69) is 10.6 Å². The van der Waals surface area contributed by atoms with Crippen molar-refractivity contribution in [3.63, 3.8) is 0 Å². The van der Waals surface area contributed by atoms with Gasteiger partial charge in [-0.2, -0.15) is 13.2 Å². The fourth-order valence-electron chi connectivity index (χ4n) is 1.66. The SMILES string of the molecule is CC(C)NC(=O)CNC(=O)Cc1cccc(C(F)(F)F)c1. The average molecular weight is 302 g/mol. The van der Waals surface area contributed by atoms with Crippen molar-refractivity contribution in [3.8, 4) is 0 Å². The number of rotatable bonds is 5. The van der Waals surface area contributed by atoms with Crippen LogP contribution in [0.1, 0.15) is 25.0 Å². The van der Waals surface area contributed by atoms with Gasteiger partial charge < -0.3 is 10.6 Å². The van der Waals surface area contributed by atoms with Gasteiger partial charge in [0.25, 0.3) is 0 Å². The van der Waals surface area contributed by atoms with E-state index in [0.29, 0.717) is 0 Å². The fraction of sp³-hybridized carbons (Fsp3) is 0.429. The Balaban J connectivity index is 2.54. The second-order valence-electron chi connectivity index (χ2n) is 4.87. The molecule has 0 radical (unpaired) electrons. The summed E-state index contributed by atoms with van der Waals surface area (Å²) in [5.74, 6) is -0.851. The van der Waals surface area contributed by atoms with Crippen LogP contribution in [0.25, 0.3) is 0 Å². The third kappa shape index (κ3) is 6.29. The van der Waals surface area contributed by atoms with Crippen LogP contribution in [0.3, 0.4) is 0 Å². The highest BCUT2D eigenvalue weighted by molar-refractivity contribution is 5.85. The Hall–Kier alpha value is -2.05. The van der Waals surface area contributed by atoms with E-state index in [9.17, 15) is 22.8 Å². The first-order valence-electron chi connectivity index (χ1n) is 6.40. The van der Waals surface area contributed by atoms with Crippen LogP contribution in [0.4, 0.5) is 13.2 Å². The Kier molecular flexibility index (Phi) is 5.75. The summed E-state index contributed by atoms with van der Waals surface area (Å²) >= 11 is 0. The molecule has 0 aliphatic rings. The molecule has 0 fully saturated rings. The zero-order valence-electron chi connectivity index (χ0n) is 11.8. The highest BCUT2D eigenvalue weighted by Gasteiger charge is 2.30. The van der Waals surface area contributed by atoms with Gasteiger partial charge in [0.15, 0.2) is 0 Å². The van der Waals surface area contributed by atoms with Crippen LogP contribution in [-0.4, -0.2) is 24.4 Å². The number of benzene rings is 1. The summed E-state index contributed by atoms with van der Waals surface area (Å²) in [6.45, 7) is 3.36. The van der Waals surface area contributed by atoms with E-state index in [0.717, 1.165) is 12.1 Å². The van der Waals surface area contributed by atoms with Crippen LogP contribution < -0.4 is 10.6 Å². The minimum Gasteiger partial charge on any atom is -0.352 e. The van der Waals surface area contributed by atoms with Gasteiger partial charge >= 0.3 is 6.18 Å². The quantitative estimate of drug-likeness (QED) is 0.872. The third-order valence-corrected chi connectivity index (χ3v) is 2.51. The Morgan fingerprint density at radius 2 is 1.86 bits per heavy atom. The van der Waals surface area contributed by atoms with Crippen molar-refractivity contribution in [2.75, 3.05) is 6.54 Å². The number of carbonyl (C=O) groups excluding carboxylic acids is 2. The predicted octanol–water partition coefficient (Wildman–Crippen LogP) is 1.89. The maximum atomic E-state index is 12.5. The second kappa shape index (κ2) is 7.10. The first-order chi connectivity index (χ1) is 9.68. The molecular weight excluding hydrogens is 285 g/mol. The molecule has 0 aliphatic heterocycles. The molecule has 116 valence electrons. The lowest BCUT2D eigenvalue weighted by Crippen LogP contribution is -2.40. The van der Waals surface area contributed by atoms with Gasteiger partial charge in [0.2, 0.25) is 11.8 Å². The summed E-state index contributed by atoms with van der Waals surface area (Å²) in [4.78, 5) is 22.9. The van der Waals surface area contributed by atoms with Crippen LogP contribution in [0.5, 0.6) is 0 Å². The van der Waals surface area contributed by atoms with E-state index in [1.807, 2.05) is 0 Å². The third-order valence-electron chi connectivity index (χ3n) is 2.51. The molecule has 0 unspecified atom stereocenters. The Labute approximate surface area is 120 Å². The second-order valence-corrected chi connectivity index (χ2v) is 4.87. The number of hydrogen-bond donors (Lipinski definition) is 2. The van der Waals surface area contributed by atoms with Gasteiger partial charge in [-0.3, -0.25) is 9.59 Å². The summed E-state index contributed by atoms with van der Waals surface area (Å²) in [7, 11) is 0. The van der Waals surface area contributed by atoms with Crippen molar-refractivity contribution in [1.29, 1.82) is 0 Å². The maximum Gasteiger partial charge on any atom is 0.416 e. The molecular formula is C14H17F3N2O2. The van der Waals surface area contributed by atoms with Crippen molar-refractivity contribution >= 4 is 11.8 Å². The molecule has 2 amide bonds. The van der Waals surface area contributed by atoms with Gasteiger partial charge in [0, 0.05) is 6.04 Å². The maximum absolute atomic E-state index is 12.5. The molecule has 1 aromatic carbocycles. The zero-order chi connectivity index (χ0) is 16.0. The van der Waals surface area contributed by atoms with Crippen LogP contribution >= 0.6 is 0 Å². The zero-order valence-corrected chi connectivity index (χ0v) is 11.8. The number of alkyl halides is 3. The molecule has 1 aromatic rings. The normalized spacial score (nSPS) is 11.3. The van der Waals surface area contributed by atoms with E-state index < -0.39 is 17.6 Å². The number of amides is 2. The molecule has 0 saturated carbocycles. The molecule has 2 N–H and O–H groups in total. The van der Waals surface area contributed by atoms with Crippen LogP contribution in [0.2, 0.25) is 0 Å². The van der Waals surface area contributed by atoms with Crippen LogP contribution in [0, 0.1) is 0 Å². The lowest BCUT2D eigenvalue weighted by atomic mass is 10.1. The largest absolute Gasteiger partial charge is 0.416 e. The summed E-state index contributed by atoms with van der Waals surface area (Å²) in [6.07, 6.45) is -4.65. The van der Waals surface area contributed by atoms with Gasteiger partial charge in [-0.05, 0) is 25.5 Å². The molecule has 0 aromatic heterocycles. The van der Waals surface area contributed by atoms with E-state index in [1.54, 1.807) is 13.8 Å². The molecule has 0 atom stereocenters. The molecule has 0 bridgehead atoms. The first-order valence-corrected chi connectivity index (χ1v) is 6.40. The van der Waals surface area contributed by atoms with Crippen molar-refractivity contribution in [3.05, 3.63) is 35.4 Å². The number of nitrogens with one attached hydrogen (secondary N) is 2. The number of hydrogen-bond acceptors (Lipinski definition) is 2. The molecule has 7 heteroatoms. The Morgan fingerprint density at radius 1 is 1.19 bits per heavy atom. The molecule has 0 heterocycles. The standard InChI is InChI=1S/C14H17F3N2O2/c1-9(2)19-13(21)8-18-12(20)7-10-4-3-5-11(6-10)14(15,16)17/h3-6,9H,7-8H2,1-2H3,(H,18,20)(H,19,21). The van der Waals surface area contributed by atoms with E-state index in [4.69, 9.17) is 0 Å². The van der Waals surface area contributed by atoms with E-state index in [1.165, 1.54) is 12.1 Å². The van der Waals surface area contributed by atoms with Crippen LogP contribution in [-0.2, 0) is 22.2 Å². The summed E-state index contributed by atoms with van der Waals surface area (Å²) in [6, 6.07) is 4.50. The molecule has 0 spiro atoms. The van der Waals surface area contributed by atoms with E-state index >= 15 is 0 Å². The van der Waals surface area contributed by atoms with Crippen molar-refractivity contribution in [1.82, 2.24) is 10.6 Å². The molecule has 1 rings (SSSR count). The Morgan fingerprint density at radius 3 is 2.43 bits per heavy atom. The highest BCUT2D eigenvalue weighted by Crippen LogP contribution is 2.29. The van der Waals surface area contributed by atoms with Gasteiger partial charge in [-0.15, -0.1) is 0 Å². The topological polar surface area (TPSA) is 58.2 Å². The minimum atomic E-state index is -4.44. The van der Waals surface area contributed by atoms with Crippen molar-refractivity contribution in [2.24, 2.45) is 0 Å². The van der Waals surface area contributed by atoms with Crippen molar-refractivity contribution in [2.45, 2.75) is 32.5 Å². The minimum absolute atomic E-state index is 0.0436. The molecule has 21 heavy (non-hydrogen) atoms. The van der Waals surface area contributed by atoms with Gasteiger partial charge in [-0.25, -0.2) is 0 Å². The van der Waals surface area contributed by atoms with Gasteiger partial charge in [0.05, 0.1) is 18.5 Å². The summed E-state index contributed by atoms with van der Waals surface area (Å²) < 4.78 is 37.6. The van der Waals surface area contributed by atoms with Crippen LogP contribution in [0.15, 0.2) is 24.3 Å². The summed E-state index contributed by atoms with van der Waals surface area (Å²) in [5.41, 5.74) is -0.558. The Bertz CT molecular complexity index is 513. The predicted molar refractivity (Wildman–Crippen MR) is 71.4 cm³/mol. The number of carbonyl (C=O) groups is 2. The molecule has 4 nitrogen and oxygen atoms in total. The lowest BCUT2D eigenvalue weighted by molar-refractivity contribution is -0.137. The number of halogens is 3. The molecule has 0 aliphatic carbocycles. The smallest absolute Gasteiger partial charge is 0.352 e. The summed E-state index contributed by atoms with van der Waals surface area (Å²) in [5, 5.41) is 4.95. The average Bonchev–Trinajstić information content (AvgIpc) is 2.35. The lowest BCUT2D eigenvalue weighted by Gasteiger charge is -2.10. The first kappa shape index (κ1) is 17.0.